The molecule has 0 amide bonds. The largest absolute Gasteiger partial charge is 1.00 e. The summed E-state index contributed by atoms with van der Waals surface area (Å²) in [5, 5.41) is 1.65. The smallest absolute Gasteiger partial charge is 0.716 e. The van der Waals surface area contributed by atoms with Crippen LogP contribution in [0.1, 0.15) is 0 Å². The molecule has 0 N–H and O–H groups in total. The molecule has 0 aliphatic carbocycles. The molecule has 0 aliphatic heterocycles. The molecule has 0 saturated heterocycles. The monoisotopic (exact) mass is 365 g/mol. The minimum absolute atomic E-state index is 0. The topological polar surface area (TPSA) is 57.2 Å². The first kappa shape index (κ1) is 19.3. The van der Waals surface area contributed by atoms with Crippen LogP contribution in [0.2, 0.25) is 0 Å². The zero-order valence-electron chi connectivity index (χ0n) is 13.2. The molecule has 24 heavy (non-hydrogen) atoms. The summed E-state index contributed by atoms with van der Waals surface area (Å²) in [5.74, 6) is 0. The van der Waals surface area contributed by atoms with E-state index in [4.69, 9.17) is 0 Å². The predicted octanol–water partition coefficient (Wildman–Crippen LogP) is -0.555. The summed E-state index contributed by atoms with van der Waals surface area (Å²) in [7, 11) is -4.62. The van der Waals surface area contributed by atoms with E-state index >= 15 is 0 Å². The first-order valence-electron chi connectivity index (χ1n) is 7.09. The van der Waals surface area contributed by atoms with Gasteiger partial charge in [0.05, 0.1) is 0 Å². The second-order valence-electron chi connectivity index (χ2n) is 5.04. The van der Waals surface area contributed by atoms with E-state index in [2.05, 4.69) is 0 Å². The van der Waals surface area contributed by atoms with Gasteiger partial charge in [-0.3, -0.25) is 0 Å². The average molecular weight is 365 g/mol. The van der Waals surface area contributed by atoms with E-state index in [1.165, 1.54) is 0 Å². The Morgan fingerprint density at radius 1 is 0.583 bits per heavy atom. The Hall–Kier alpha value is -1.000. The van der Waals surface area contributed by atoms with Crippen LogP contribution in [0.5, 0.6) is 0 Å². The second kappa shape index (κ2) is 7.92. The molecule has 3 rings (SSSR count). The Labute approximate surface area is 164 Å². The molecule has 6 heteroatoms. The van der Waals surface area contributed by atoms with Gasteiger partial charge >= 0.3 is 29.6 Å². The van der Waals surface area contributed by atoms with Gasteiger partial charge in [-0.2, -0.15) is 0 Å². The molecule has 0 unspecified atom stereocenters. The Morgan fingerprint density at radius 3 is 1.04 bits per heavy atom. The predicted molar refractivity (Wildman–Crippen MR) is 94.8 cm³/mol. The molecule has 0 aliphatic rings. The molecule has 0 bridgehead atoms. The number of rotatable bonds is 4. The quantitative estimate of drug-likeness (QED) is 0.354. The van der Waals surface area contributed by atoms with Gasteiger partial charge in [-0.05, 0) is 36.4 Å². The summed E-state index contributed by atoms with van der Waals surface area (Å²) in [5.41, 5.74) is 0. The van der Waals surface area contributed by atoms with Crippen LogP contribution < -0.4 is 45.5 Å². The molecular formula is C18H15NaO3PS+. The molecular weight excluding hydrogens is 350 g/mol. The van der Waals surface area contributed by atoms with Crippen molar-refractivity contribution < 1.29 is 42.5 Å². The molecule has 0 heterocycles. The van der Waals surface area contributed by atoms with Crippen molar-refractivity contribution >= 4 is 32.1 Å². The number of hydrogen-bond acceptors (Lipinski definition) is 3. The molecule has 0 aromatic heterocycles. The van der Waals surface area contributed by atoms with Gasteiger partial charge in [0.25, 0.3) is 0 Å². The van der Waals surface area contributed by atoms with Gasteiger partial charge in [-0.1, -0.05) is 54.6 Å². The van der Waals surface area contributed by atoms with E-state index in [9.17, 15) is 13.0 Å². The third-order valence-electron chi connectivity index (χ3n) is 3.69. The molecule has 0 atom stereocenters. The summed E-state index contributed by atoms with van der Waals surface area (Å²) in [6.45, 7) is -3.32. The van der Waals surface area contributed by atoms with Crippen molar-refractivity contribution in [1.29, 1.82) is 0 Å². The SMILES string of the molecule is O=S(=O)([O-])[P+](c1ccccc1)(c1ccccc1)c1ccccc1.[Na+]. The third-order valence-corrected chi connectivity index (χ3v) is 11.4. The van der Waals surface area contributed by atoms with Crippen LogP contribution in [-0.2, 0) is 9.74 Å². The summed E-state index contributed by atoms with van der Waals surface area (Å²) in [6.07, 6.45) is 0. The van der Waals surface area contributed by atoms with Crippen LogP contribution in [0.3, 0.4) is 0 Å². The molecule has 0 saturated carbocycles. The van der Waals surface area contributed by atoms with E-state index in [0.717, 1.165) is 0 Å². The molecule has 3 aromatic carbocycles. The van der Waals surface area contributed by atoms with E-state index in [-0.39, 0.29) is 29.6 Å². The van der Waals surface area contributed by atoms with Crippen molar-refractivity contribution in [1.82, 2.24) is 0 Å². The van der Waals surface area contributed by atoms with Crippen molar-refractivity contribution in [3.63, 3.8) is 0 Å². The molecule has 3 nitrogen and oxygen atoms in total. The summed E-state index contributed by atoms with van der Waals surface area (Å²) in [6, 6.07) is 26.4. The van der Waals surface area contributed by atoms with Crippen LogP contribution in [0.25, 0.3) is 0 Å². The second-order valence-corrected chi connectivity index (χ2v) is 11.7. The van der Waals surface area contributed by atoms with E-state index in [1.807, 2.05) is 18.2 Å². The van der Waals surface area contributed by atoms with Gasteiger partial charge in [-0.15, -0.1) is 0 Å². The average Bonchev–Trinajstić information content (AvgIpc) is 2.57. The van der Waals surface area contributed by atoms with Crippen molar-refractivity contribution in [3.8, 4) is 0 Å². The minimum Gasteiger partial charge on any atom is -0.716 e. The Bertz CT molecular complexity index is 789. The van der Waals surface area contributed by atoms with E-state index in [0.29, 0.717) is 15.9 Å². The van der Waals surface area contributed by atoms with Crippen LogP contribution in [0.4, 0.5) is 0 Å². The van der Waals surface area contributed by atoms with E-state index in [1.54, 1.807) is 72.8 Å². The Morgan fingerprint density at radius 2 is 0.833 bits per heavy atom. The van der Waals surface area contributed by atoms with Crippen molar-refractivity contribution in [2.75, 3.05) is 0 Å². The zero-order valence-corrected chi connectivity index (χ0v) is 17.0. The first-order valence-corrected chi connectivity index (χ1v) is 10.9. The van der Waals surface area contributed by atoms with Crippen LogP contribution in [0.15, 0.2) is 91.0 Å². The van der Waals surface area contributed by atoms with Gasteiger partial charge < -0.3 is 4.55 Å². The van der Waals surface area contributed by atoms with Crippen molar-refractivity contribution in [3.05, 3.63) is 91.0 Å². The fourth-order valence-corrected chi connectivity index (χ4v) is 9.61. The first-order chi connectivity index (χ1) is 11.1. The van der Waals surface area contributed by atoms with Crippen LogP contribution in [0, 0.1) is 0 Å². The zero-order chi connectivity index (χ0) is 16.3. The summed E-state index contributed by atoms with van der Waals surface area (Å²) in [4.78, 5) is 0. The van der Waals surface area contributed by atoms with Crippen molar-refractivity contribution in [2.45, 2.75) is 0 Å². The van der Waals surface area contributed by atoms with Gasteiger partial charge in [0.1, 0.15) is 15.9 Å². The number of benzene rings is 3. The summed E-state index contributed by atoms with van der Waals surface area (Å²) >= 11 is 0. The Kier molecular flexibility index (Phi) is 6.38. The standard InChI is InChI=1S/C18H15O3PS.Na/c19-23(20,21)22(16-10-4-1-5-11-16,17-12-6-2-7-13-17)18-14-8-3-9-15-18;/h1-15H;/q;+1. The van der Waals surface area contributed by atoms with Gasteiger partial charge in [0, 0.05) is 0 Å². The van der Waals surface area contributed by atoms with Gasteiger partial charge in [0.15, 0.2) is 0 Å². The maximum atomic E-state index is 12.5. The van der Waals surface area contributed by atoms with Crippen LogP contribution in [-0.4, -0.2) is 13.0 Å². The normalized spacial score (nSPS) is 11.5. The van der Waals surface area contributed by atoms with E-state index < -0.39 is 16.2 Å². The molecule has 0 radical (unpaired) electrons. The summed E-state index contributed by atoms with van der Waals surface area (Å²) < 4.78 is 37.6. The van der Waals surface area contributed by atoms with Gasteiger partial charge in [0.2, 0.25) is 16.2 Å². The van der Waals surface area contributed by atoms with Crippen LogP contribution >= 0.6 is 6.46 Å². The fraction of sp³-hybridized carbons (Fsp3) is 0. The molecule has 3 aromatic rings. The molecule has 116 valence electrons. The molecule has 0 fully saturated rings. The Balaban J connectivity index is 0.00000208. The maximum Gasteiger partial charge on any atom is 1.00 e. The third kappa shape index (κ3) is 3.36. The molecule has 0 spiro atoms. The van der Waals surface area contributed by atoms with Crippen molar-refractivity contribution in [2.24, 2.45) is 0 Å². The minimum atomic E-state index is -4.62. The number of hydrogen-bond donors (Lipinski definition) is 0. The maximum absolute atomic E-state index is 12.5. The fourth-order valence-electron chi connectivity index (χ4n) is 2.75. The van der Waals surface area contributed by atoms with Gasteiger partial charge in [-0.25, -0.2) is 8.42 Å².